The second kappa shape index (κ2) is 9.71. The highest BCUT2D eigenvalue weighted by Gasteiger charge is 2.35. The third-order valence-corrected chi connectivity index (χ3v) is 6.72. The lowest BCUT2D eigenvalue weighted by molar-refractivity contribution is -0.131. The summed E-state index contributed by atoms with van der Waals surface area (Å²) in [6.07, 6.45) is 5.76. The second-order valence-corrected chi connectivity index (χ2v) is 9.61. The van der Waals surface area contributed by atoms with Crippen molar-refractivity contribution in [3.8, 4) is 5.75 Å². The first-order valence-corrected chi connectivity index (χ1v) is 12.9. The first-order valence-electron chi connectivity index (χ1n) is 12.9. The van der Waals surface area contributed by atoms with E-state index in [4.69, 9.17) is 13.9 Å². The van der Waals surface area contributed by atoms with Crippen LogP contribution in [0.2, 0.25) is 0 Å². The van der Waals surface area contributed by atoms with Gasteiger partial charge in [0.15, 0.2) is 11.3 Å². The van der Waals surface area contributed by atoms with Gasteiger partial charge in [-0.25, -0.2) is 9.78 Å². The standard InChI is InChI=1S/C32H28N2O4/c1-4-5-17-34-24-19-21(3)12-14-26(24)36-28(34)16-15-27-29(22-9-7-6-8-10-22)30(32(35)38-27)31-33-23-18-20(2)11-13-25(23)37-31/h6-16,18-19H,4-5,17H2,1-3H3/b27-15-,28-16-. The Morgan fingerprint density at radius 2 is 1.68 bits per heavy atom. The first kappa shape index (κ1) is 23.8. The molecule has 0 bridgehead atoms. The van der Waals surface area contributed by atoms with Gasteiger partial charge < -0.3 is 18.8 Å². The van der Waals surface area contributed by atoms with Crippen LogP contribution in [0.3, 0.4) is 0 Å². The molecule has 1 aromatic heterocycles. The van der Waals surface area contributed by atoms with Crippen molar-refractivity contribution in [2.24, 2.45) is 0 Å². The van der Waals surface area contributed by atoms with E-state index in [0.717, 1.165) is 42.0 Å². The topological polar surface area (TPSA) is 64.8 Å². The van der Waals surface area contributed by atoms with Crippen LogP contribution in [0.15, 0.2) is 94.9 Å². The van der Waals surface area contributed by atoms with E-state index in [1.165, 1.54) is 5.56 Å². The van der Waals surface area contributed by atoms with Gasteiger partial charge in [0, 0.05) is 18.2 Å². The van der Waals surface area contributed by atoms with Crippen LogP contribution in [0, 0.1) is 13.8 Å². The summed E-state index contributed by atoms with van der Waals surface area (Å²) in [7, 11) is 0. The summed E-state index contributed by atoms with van der Waals surface area (Å²) in [5.41, 5.74) is 6.40. The minimum atomic E-state index is -0.495. The number of anilines is 1. The van der Waals surface area contributed by atoms with Crippen LogP contribution < -0.4 is 9.64 Å². The number of oxazole rings is 1. The van der Waals surface area contributed by atoms with E-state index in [1.807, 2.05) is 73.7 Å². The van der Waals surface area contributed by atoms with Crippen LogP contribution in [-0.2, 0) is 9.53 Å². The summed E-state index contributed by atoms with van der Waals surface area (Å²) < 4.78 is 18.1. The summed E-state index contributed by atoms with van der Waals surface area (Å²) in [6, 6.07) is 21.6. The van der Waals surface area contributed by atoms with Gasteiger partial charge in [-0.15, -0.1) is 0 Å². The number of hydrogen-bond acceptors (Lipinski definition) is 6. The van der Waals surface area contributed by atoms with Crippen molar-refractivity contribution in [2.75, 3.05) is 11.4 Å². The molecule has 2 aliphatic heterocycles. The molecule has 0 saturated heterocycles. The Morgan fingerprint density at radius 1 is 0.895 bits per heavy atom. The highest BCUT2D eigenvalue weighted by atomic mass is 16.5. The number of carbonyl (C=O) groups is 1. The summed E-state index contributed by atoms with van der Waals surface area (Å²) in [5, 5.41) is 0. The SMILES string of the molecule is CCCCN1/C(=C/C=C2\OC(=O)C(c3nc4cc(C)ccc4o3)=C2c2ccccc2)Oc2ccc(C)cc21. The van der Waals surface area contributed by atoms with Crippen molar-refractivity contribution in [1.82, 2.24) is 4.98 Å². The van der Waals surface area contributed by atoms with Crippen LogP contribution in [0.1, 0.15) is 42.3 Å². The summed E-state index contributed by atoms with van der Waals surface area (Å²) in [5.74, 6) is 1.69. The fourth-order valence-electron chi connectivity index (χ4n) is 4.80. The summed E-state index contributed by atoms with van der Waals surface area (Å²) >= 11 is 0. The van der Waals surface area contributed by atoms with Gasteiger partial charge in [-0.05, 0) is 67.3 Å². The van der Waals surface area contributed by atoms with Gasteiger partial charge >= 0.3 is 5.97 Å². The lowest BCUT2D eigenvalue weighted by Gasteiger charge is -2.18. The molecule has 0 unspecified atom stereocenters. The molecule has 0 spiro atoms. The predicted molar refractivity (Wildman–Crippen MR) is 148 cm³/mol. The predicted octanol–water partition coefficient (Wildman–Crippen LogP) is 7.34. The molecule has 3 aromatic carbocycles. The number of esters is 1. The lowest BCUT2D eigenvalue weighted by Crippen LogP contribution is -2.21. The Balaban J connectivity index is 1.46. The molecule has 0 fully saturated rings. The molecule has 2 aliphatic rings. The van der Waals surface area contributed by atoms with Crippen LogP contribution >= 0.6 is 0 Å². The van der Waals surface area contributed by atoms with Gasteiger partial charge in [-0.3, -0.25) is 0 Å². The number of nitrogens with zero attached hydrogens (tertiary/aromatic N) is 2. The summed E-state index contributed by atoms with van der Waals surface area (Å²) in [4.78, 5) is 20.1. The zero-order valence-corrected chi connectivity index (χ0v) is 21.7. The molecular weight excluding hydrogens is 476 g/mol. The Hall–Kier alpha value is -4.58. The fourth-order valence-corrected chi connectivity index (χ4v) is 4.80. The average molecular weight is 505 g/mol. The molecule has 6 nitrogen and oxygen atoms in total. The molecular formula is C32H28N2O4. The lowest BCUT2D eigenvalue weighted by atomic mass is 9.99. The number of allylic oxidation sites excluding steroid dienone is 3. The number of ether oxygens (including phenoxy) is 2. The Kier molecular flexibility index (Phi) is 6.08. The number of fused-ring (bicyclic) bond motifs is 2. The number of cyclic esters (lactones) is 1. The number of aryl methyl sites for hydroxylation is 2. The quantitative estimate of drug-likeness (QED) is 0.256. The van der Waals surface area contributed by atoms with E-state index in [0.29, 0.717) is 33.9 Å². The Labute approximate surface area is 221 Å². The maximum Gasteiger partial charge on any atom is 0.349 e. The van der Waals surface area contributed by atoms with Crippen molar-refractivity contribution >= 4 is 33.9 Å². The smallest absolute Gasteiger partial charge is 0.349 e. The zero-order chi connectivity index (χ0) is 26.2. The van der Waals surface area contributed by atoms with Crippen LogP contribution in [0.4, 0.5) is 5.69 Å². The molecule has 0 amide bonds. The maximum absolute atomic E-state index is 13.2. The third kappa shape index (κ3) is 4.28. The minimum absolute atomic E-state index is 0.245. The highest BCUT2D eigenvalue weighted by Crippen LogP contribution is 2.42. The van der Waals surface area contributed by atoms with E-state index in [-0.39, 0.29) is 5.89 Å². The number of benzene rings is 3. The van der Waals surface area contributed by atoms with Crippen molar-refractivity contribution < 1.29 is 18.7 Å². The Morgan fingerprint density at radius 3 is 2.50 bits per heavy atom. The van der Waals surface area contributed by atoms with E-state index in [9.17, 15) is 4.79 Å². The van der Waals surface area contributed by atoms with Gasteiger partial charge in [0.25, 0.3) is 0 Å². The number of carbonyl (C=O) groups excluding carboxylic acids is 1. The number of hydrogen-bond donors (Lipinski definition) is 0. The van der Waals surface area contributed by atoms with Crippen molar-refractivity contribution in [3.63, 3.8) is 0 Å². The van der Waals surface area contributed by atoms with E-state index in [2.05, 4.69) is 29.8 Å². The fraction of sp³-hybridized carbons (Fsp3) is 0.188. The highest BCUT2D eigenvalue weighted by molar-refractivity contribution is 6.29. The van der Waals surface area contributed by atoms with E-state index < -0.39 is 5.97 Å². The average Bonchev–Trinajstić information content (AvgIpc) is 3.58. The van der Waals surface area contributed by atoms with E-state index in [1.54, 1.807) is 6.08 Å². The third-order valence-electron chi connectivity index (χ3n) is 6.72. The largest absolute Gasteiger partial charge is 0.439 e. The van der Waals surface area contributed by atoms with Gasteiger partial charge in [0.05, 0.1) is 5.69 Å². The second-order valence-electron chi connectivity index (χ2n) is 9.61. The molecule has 6 heteroatoms. The van der Waals surface area contributed by atoms with Crippen molar-refractivity contribution in [2.45, 2.75) is 33.6 Å². The van der Waals surface area contributed by atoms with Crippen molar-refractivity contribution in [1.29, 1.82) is 0 Å². The van der Waals surface area contributed by atoms with Gasteiger partial charge in [0.1, 0.15) is 16.8 Å². The van der Waals surface area contributed by atoms with Gasteiger partial charge in [0.2, 0.25) is 11.8 Å². The zero-order valence-electron chi connectivity index (χ0n) is 21.7. The monoisotopic (exact) mass is 504 g/mol. The first-order chi connectivity index (χ1) is 18.5. The van der Waals surface area contributed by atoms with Gasteiger partial charge in [-0.1, -0.05) is 55.8 Å². The van der Waals surface area contributed by atoms with Crippen LogP contribution in [-0.4, -0.2) is 17.5 Å². The molecule has 3 heterocycles. The molecule has 4 aromatic rings. The molecule has 190 valence electrons. The number of rotatable bonds is 6. The molecule has 0 aliphatic carbocycles. The molecule has 0 radical (unpaired) electrons. The summed E-state index contributed by atoms with van der Waals surface area (Å²) in [6.45, 7) is 7.07. The van der Waals surface area contributed by atoms with E-state index >= 15 is 0 Å². The normalized spacial score (nSPS) is 17.0. The van der Waals surface area contributed by atoms with Crippen LogP contribution in [0.25, 0.3) is 22.2 Å². The molecule has 6 rings (SSSR count). The molecule has 0 atom stereocenters. The number of aromatic nitrogens is 1. The minimum Gasteiger partial charge on any atom is -0.439 e. The van der Waals surface area contributed by atoms with Crippen LogP contribution in [0.5, 0.6) is 5.75 Å². The Bertz CT molecular complexity index is 1640. The maximum atomic E-state index is 13.2. The molecule has 38 heavy (non-hydrogen) atoms. The van der Waals surface area contributed by atoms with Crippen molar-refractivity contribution in [3.05, 3.63) is 113 Å². The molecule has 0 N–H and O–H groups in total. The van der Waals surface area contributed by atoms with Gasteiger partial charge in [-0.2, -0.15) is 0 Å². The molecule has 0 saturated carbocycles. The number of unbranched alkanes of at least 4 members (excludes halogenated alkanes) is 1.